The van der Waals surface area contributed by atoms with Gasteiger partial charge in [-0.3, -0.25) is 4.90 Å². The van der Waals surface area contributed by atoms with Crippen LogP contribution in [-0.2, 0) is 16.1 Å². The molecule has 2 atom stereocenters. The molecule has 22 heavy (non-hydrogen) atoms. The Bertz CT molecular complexity index is 451. The van der Waals surface area contributed by atoms with Crippen LogP contribution in [0.2, 0.25) is 0 Å². The van der Waals surface area contributed by atoms with Gasteiger partial charge in [0, 0.05) is 18.7 Å². The molecule has 0 amide bonds. The summed E-state index contributed by atoms with van der Waals surface area (Å²) in [6, 6.07) is 10.9. The van der Waals surface area contributed by atoms with E-state index in [0.717, 1.165) is 38.9 Å². The monoisotopic (exact) mass is 305 g/mol. The highest BCUT2D eigenvalue weighted by Crippen LogP contribution is 2.36. The number of morpholine rings is 1. The molecule has 0 radical (unpaired) electrons. The van der Waals surface area contributed by atoms with Crippen molar-refractivity contribution in [1.29, 1.82) is 0 Å². The number of ether oxygens (including phenoxy) is 2. The quantitative estimate of drug-likeness (QED) is 0.818. The van der Waals surface area contributed by atoms with Gasteiger partial charge in [0.2, 0.25) is 0 Å². The normalized spacial score (nSPS) is 32.1. The molecule has 4 nitrogen and oxygen atoms in total. The van der Waals surface area contributed by atoms with Gasteiger partial charge in [0.05, 0.1) is 25.4 Å². The molecule has 0 aromatic heterocycles. The highest BCUT2D eigenvalue weighted by atomic mass is 16.5. The average molecular weight is 305 g/mol. The van der Waals surface area contributed by atoms with E-state index in [1.807, 2.05) is 18.2 Å². The van der Waals surface area contributed by atoms with Gasteiger partial charge in [-0.1, -0.05) is 30.3 Å². The molecule has 2 saturated heterocycles. The van der Waals surface area contributed by atoms with Crippen LogP contribution in [0.1, 0.15) is 31.2 Å². The average Bonchev–Trinajstić information content (AvgIpc) is 2.50. The van der Waals surface area contributed by atoms with Gasteiger partial charge in [-0.25, -0.2) is 0 Å². The Morgan fingerprint density at radius 3 is 2.59 bits per heavy atom. The van der Waals surface area contributed by atoms with Crippen molar-refractivity contribution in [3.05, 3.63) is 35.9 Å². The molecular formula is C18H27NO3. The van der Waals surface area contributed by atoms with E-state index in [1.165, 1.54) is 5.56 Å². The number of hydrogen-bond donors (Lipinski definition) is 1. The van der Waals surface area contributed by atoms with Crippen LogP contribution in [0.4, 0.5) is 0 Å². The van der Waals surface area contributed by atoms with Gasteiger partial charge < -0.3 is 14.6 Å². The molecular weight excluding hydrogens is 278 g/mol. The van der Waals surface area contributed by atoms with Crippen LogP contribution in [0.5, 0.6) is 0 Å². The Balaban J connectivity index is 1.40. The molecule has 2 aliphatic heterocycles. The number of rotatable bonds is 6. The number of fused-ring (bicyclic) bond motifs is 2. The molecule has 1 N–H and O–H groups in total. The summed E-state index contributed by atoms with van der Waals surface area (Å²) in [5.74, 6) is 0. The predicted molar refractivity (Wildman–Crippen MR) is 85.7 cm³/mol. The Labute approximate surface area is 133 Å². The lowest BCUT2D eigenvalue weighted by atomic mass is 9.79. The zero-order chi connectivity index (χ0) is 15.4. The minimum absolute atomic E-state index is 0.364. The maximum Gasteiger partial charge on any atom is 0.0716 e. The Morgan fingerprint density at radius 2 is 1.91 bits per heavy atom. The van der Waals surface area contributed by atoms with E-state index in [1.54, 1.807) is 0 Å². The second-order valence-electron chi connectivity index (χ2n) is 6.78. The number of benzene rings is 1. The van der Waals surface area contributed by atoms with Gasteiger partial charge in [-0.15, -0.1) is 0 Å². The Morgan fingerprint density at radius 1 is 1.23 bits per heavy atom. The molecule has 2 heterocycles. The smallest absolute Gasteiger partial charge is 0.0716 e. The third kappa shape index (κ3) is 3.87. The first kappa shape index (κ1) is 15.9. The number of likely N-dealkylation sites (N-methyl/N-ethyl adjacent to an activating group) is 1. The van der Waals surface area contributed by atoms with E-state index in [0.29, 0.717) is 25.3 Å². The lowest BCUT2D eigenvalue weighted by Crippen LogP contribution is -2.60. The zero-order valence-electron chi connectivity index (χ0n) is 13.4. The number of aliphatic hydroxyl groups is 1. The summed E-state index contributed by atoms with van der Waals surface area (Å²) in [5.41, 5.74) is 0.661. The van der Waals surface area contributed by atoms with Crippen molar-refractivity contribution in [2.75, 3.05) is 26.9 Å². The third-order valence-electron chi connectivity index (χ3n) is 5.05. The van der Waals surface area contributed by atoms with Crippen LogP contribution in [0.3, 0.4) is 0 Å². The summed E-state index contributed by atoms with van der Waals surface area (Å²) in [6.45, 7) is 2.86. The summed E-state index contributed by atoms with van der Waals surface area (Å²) in [5, 5.41) is 10.9. The first-order valence-corrected chi connectivity index (χ1v) is 8.30. The van der Waals surface area contributed by atoms with Crippen LogP contribution in [0.25, 0.3) is 0 Å². The molecule has 0 aliphatic carbocycles. The largest absolute Gasteiger partial charge is 0.390 e. The van der Waals surface area contributed by atoms with Gasteiger partial charge in [0.15, 0.2) is 0 Å². The number of hydrogen-bond acceptors (Lipinski definition) is 4. The standard InChI is InChI=1S/C18H27NO3/c1-19-16-10-18(20,11-17(19)14-22-13-16)8-5-9-21-12-15-6-3-2-4-7-15/h2-4,6-7,16-17,20H,5,8-14H2,1H3. The molecule has 2 fully saturated rings. The second-order valence-corrected chi connectivity index (χ2v) is 6.78. The summed E-state index contributed by atoms with van der Waals surface area (Å²) in [4.78, 5) is 2.38. The van der Waals surface area contributed by atoms with Gasteiger partial charge >= 0.3 is 0 Å². The van der Waals surface area contributed by atoms with Crippen LogP contribution < -0.4 is 0 Å². The van der Waals surface area contributed by atoms with Crippen LogP contribution in [-0.4, -0.2) is 54.6 Å². The molecule has 2 bridgehead atoms. The van der Waals surface area contributed by atoms with E-state index >= 15 is 0 Å². The Hall–Kier alpha value is -0.940. The maximum absolute atomic E-state index is 10.9. The van der Waals surface area contributed by atoms with E-state index < -0.39 is 5.60 Å². The first-order chi connectivity index (χ1) is 10.7. The van der Waals surface area contributed by atoms with Gasteiger partial charge in [0.1, 0.15) is 0 Å². The van der Waals surface area contributed by atoms with E-state index in [9.17, 15) is 5.11 Å². The van der Waals surface area contributed by atoms with Crippen molar-refractivity contribution in [2.24, 2.45) is 0 Å². The second kappa shape index (κ2) is 7.09. The van der Waals surface area contributed by atoms with Crippen molar-refractivity contribution >= 4 is 0 Å². The third-order valence-corrected chi connectivity index (χ3v) is 5.05. The topological polar surface area (TPSA) is 41.9 Å². The van der Waals surface area contributed by atoms with Crippen LogP contribution >= 0.6 is 0 Å². The lowest BCUT2D eigenvalue weighted by Gasteiger charge is -2.50. The first-order valence-electron chi connectivity index (χ1n) is 8.30. The highest BCUT2D eigenvalue weighted by Gasteiger charge is 2.44. The van der Waals surface area contributed by atoms with Crippen molar-refractivity contribution in [1.82, 2.24) is 4.90 Å². The summed E-state index contributed by atoms with van der Waals surface area (Å²) in [7, 11) is 2.15. The van der Waals surface area contributed by atoms with Crippen molar-refractivity contribution in [3.63, 3.8) is 0 Å². The van der Waals surface area contributed by atoms with Gasteiger partial charge in [-0.05, 0) is 38.3 Å². The molecule has 2 aliphatic rings. The number of nitrogens with zero attached hydrogens (tertiary/aromatic N) is 1. The molecule has 0 saturated carbocycles. The molecule has 2 unspecified atom stereocenters. The number of piperidine rings is 1. The van der Waals surface area contributed by atoms with E-state index in [-0.39, 0.29) is 0 Å². The zero-order valence-corrected chi connectivity index (χ0v) is 13.4. The minimum atomic E-state index is -0.540. The molecule has 0 spiro atoms. The predicted octanol–water partition coefficient (Wildman–Crippen LogP) is 2.21. The van der Waals surface area contributed by atoms with Crippen molar-refractivity contribution in [3.8, 4) is 0 Å². The molecule has 1 aromatic carbocycles. The molecule has 3 rings (SSSR count). The summed E-state index contributed by atoms with van der Waals surface area (Å²) >= 11 is 0. The summed E-state index contributed by atoms with van der Waals surface area (Å²) < 4.78 is 11.3. The van der Waals surface area contributed by atoms with Gasteiger partial charge in [0.25, 0.3) is 0 Å². The molecule has 4 heteroatoms. The van der Waals surface area contributed by atoms with E-state index in [4.69, 9.17) is 9.47 Å². The lowest BCUT2D eigenvalue weighted by molar-refractivity contribution is -0.138. The van der Waals surface area contributed by atoms with Gasteiger partial charge in [-0.2, -0.15) is 0 Å². The van der Waals surface area contributed by atoms with Crippen molar-refractivity contribution < 1.29 is 14.6 Å². The fourth-order valence-corrected chi connectivity index (χ4v) is 3.71. The fourth-order valence-electron chi connectivity index (χ4n) is 3.71. The minimum Gasteiger partial charge on any atom is -0.390 e. The Kier molecular flexibility index (Phi) is 5.14. The fraction of sp³-hybridized carbons (Fsp3) is 0.667. The highest BCUT2D eigenvalue weighted by molar-refractivity contribution is 5.13. The molecule has 122 valence electrons. The SMILES string of the molecule is CN1C2COCC1CC(O)(CCCOCc1ccccc1)C2. The maximum atomic E-state index is 10.9. The van der Waals surface area contributed by atoms with Crippen LogP contribution in [0, 0.1) is 0 Å². The molecule has 1 aromatic rings. The summed E-state index contributed by atoms with van der Waals surface area (Å²) in [6.07, 6.45) is 3.37. The van der Waals surface area contributed by atoms with Crippen LogP contribution in [0.15, 0.2) is 30.3 Å². The van der Waals surface area contributed by atoms with E-state index in [2.05, 4.69) is 24.1 Å². The van der Waals surface area contributed by atoms with Crippen molar-refractivity contribution in [2.45, 2.75) is 50.0 Å².